The van der Waals surface area contributed by atoms with E-state index in [0.29, 0.717) is 0 Å². The Bertz CT molecular complexity index is 507. The minimum Gasteiger partial charge on any atom is -0.480 e. The van der Waals surface area contributed by atoms with E-state index in [1.165, 1.54) is 22.2 Å². The van der Waals surface area contributed by atoms with Crippen molar-refractivity contribution in [3.05, 3.63) is 16.6 Å². The zero-order valence-corrected chi connectivity index (χ0v) is 12.9. The lowest BCUT2D eigenvalue weighted by molar-refractivity contribution is -0.155. The first-order valence-electron chi connectivity index (χ1n) is 6.33. The molecule has 1 atom stereocenters. The lowest BCUT2D eigenvalue weighted by Crippen LogP contribution is -2.41. The van der Waals surface area contributed by atoms with Crippen LogP contribution in [0.15, 0.2) is 10.9 Å². The van der Waals surface area contributed by atoms with Gasteiger partial charge in [0, 0.05) is 11.8 Å². The number of carboxylic acids is 1. The van der Waals surface area contributed by atoms with Crippen molar-refractivity contribution in [1.29, 1.82) is 0 Å². The van der Waals surface area contributed by atoms with E-state index >= 15 is 0 Å². The van der Waals surface area contributed by atoms with Crippen LogP contribution in [0.3, 0.4) is 0 Å². The van der Waals surface area contributed by atoms with Crippen molar-refractivity contribution in [3.63, 3.8) is 0 Å². The average molecular weight is 314 g/mol. The zero-order valence-electron chi connectivity index (χ0n) is 12.1. The summed E-state index contributed by atoms with van der Waals surface area (Å²) in [6, 6.07) is -1.16. The molecule has 0 bridgehead atoms. The van der Waals surface area contributed by atoms with E-state index in [2.05, 4.69) is 10.3 Å². The van der Waals surface area contributed by atoms with Crippen LogP contribution in [-0.4, -0.2) is 39.6 Å². The first-order valence-corrected chi connectivity index (χ1v) is 7.27. The van der Waals surface area contributed by atoms with E-state index in [1.807, 2.05) is 0 Å². The van der Waals surface area contributed by atoms with Gasteiger partial charge in [0.15, 0.2) is 0 Å². The third-order valence-corrected chi connectivity index (χ3v) is 2.91. The maximum Gasteiger partial charge on any atom is 0.326 e. The molecule has 0 aliphatic heterocycles. The molecule has 8 heteroatoms. The van der Waals surface area contributed by atoms with E-state index < -0.39 is 29.5 Å². The monoisotopic (exact) mass is 314 g/mol. The van der Waals surface area contributed by atoms with Crippen LogP contribution in [0.4, 0.5) is 0 Å². The maximum absolute atomic E-state index is 11.7. The number of nitrogens with one attached hydrogen (secondary N) is 1. The molecule has 1 aromatic heterocycles. The van der Waals surface area contributed by atoms with Gasteiger partial charge in [-0.15, -0.1) is 11.3 Å². The molecule has 0 radical (unpaired) electrons. The molecule has 2 N–H and O–H groups in total. The summed E-state index contributed by atoms with van der Waals surface area (Å²) in [6.45, 7) is 5.18. The number of carboxylic acid groups (broad SMARTS) is 1. The highest BCUT2D eigenvalue weighted by Crippen LogP contribution is 2.10. The van der Waals surface area contributed by atoms with Gasteiger partial charge in [-0.3, -0.25) is 9.59 Å². The third kappa shape index (κ3) is 6.35. The lowest BCUT2D eigenvalue weighted by atomic mass is 10.1. The predicted octanol–water partition coefficient (Wildman–Crippen LogP) is 1.45. The van der Waals surface area contributed by atoms with Crippen LogP contribution >= 0.6 is 11.3 Å². The van der Waals surface area contributed by atoms with Crippen molar-refractivity contribution >= 4 is 29.2 Å². The van der Waals surface area contributed by atoms with Crippen molar-refractivity contribution in [1.82, 2.24) is 10.3 Å². The highest BCUT2D eigenvalue weighted by molar-refractivity contribution is 7.07. The Hall–Kier alpha value is -1.96. The Morgan fingerprint density at radius 1 is 1.43 bits per heavy atom. The number of esters is 1. The number of nitrogens with zero attached hydrogens (tertiary/aromatic N) is 1. The lowest BCUT2D eigenvalue weighted by Gasteiger charge is -2.20. The Labute approximate surface area is 126 Å². The molecule has 0 spiro atoms. The van der Waals surface area contributed by atoms with Crippen LogP contribution in [-0.2, 0) is 14.3 Å². The van der Waals surface area contributed by atoms with Crippen LogP contribution in [0.1, 0.15) is 44.1 Å². The highest BCUT2D eigenvalue weighted by Gasteiger charge is 2.24. The molecule has 0 aliphatic carbocycles. The fourth-order valence-corrected chi connectivity index (χ4v) is 2.00. The standard InChI is InChI=1S/C13H18N2O5S/c1-13(2,3)20-10(16)5-4-8(12(18)19)15-11(17)9-6-21-7-14-9/h6-8H,4-5H2,1-3H3,(H,15,17)(H,18,19)/t8-/m1/s1. The molecule has 0 saturated heterocycles. The van der Waals surface area contributed by atoms with E-state index in [-0.39, 0.29) is 18.5 Å². The van der Waals surface area contributed by atoms with Gasteiger partial charge in [-0.05, 0) is 27.2 Å². The molecular formula is C13H18N2O5S. The normalized spacial score (nSPS) is 12.5. The van der Waals surface area contributed by atoms with Crippen LogP contribution in [0, 0.1) is 0 Å². The molecule has 1 rings (SSSR count). The van der Waals surface area contributed by atoms with Gasteiger partial charge in [0.2, 0.25) is 0 Å². The molecule has 1 amide bonds. The van der Waals surface area contributed by atoms with Crippen LogP contribution in [0.25, 0.3) is 0 Å². The van der Waals surface area contributed by atoms with Gasteiger partial charge in [0.25, 0.3) is 5.91 Å². The summed E-state index contributed by atoms with van der Waals surface area (Å²) >= 11 is 1.23. The number of aromatic nitrogens is 1. The van der Waals surface area contributed by atoms with Crippen molar-refractivity contribution in [2.24, 2.45) is 0 Å². The molecule has 21 heavy (non-hydrogen) atoms. The second kappa shape index (κ2) is 7.16. The minimum absolute atomic E-state index is 0.0415. The number of hydrogen-bond acceptors (Lipinski definition) is 6. The van der Waals surface area contributed by atoms with Crippen molar-refractivity contribution < 1.29 is 24.2 Å². The molecule has 0 saturated carbocycles. The Morgan fingerprint density at radius 3 is 2.57 bits per heavy atom. The summed E-state index contributed by atoms with van der Waals surface area (Å²) in [5, 5.41) is 12.9. The molecule has 0 fully saturated rings. The molecule has 1 aromatic rings. The molecule has 0 unspecified atom stereocenters. The minimum atomic E-state index is -1.21. The molecule has 0 aliphatic rings. The summed E-state index contributed by atoms with van der Waals surface area (Å²) in [6.07, 6.45) is -0.133. The van der Waals surface area contributed by atoms with Crippen LogP contribution in [0.2, 0.25) is 0 Å². The smallest absolute Gasteiger partial charge is 0.326 e. The van der Waals surface area contributed by atoms with Crippen molar-refractivity contribution in [2.45, 2.75) is 45.3 Å². The zero-order chi connectivity index (χ0) is 16.0. The second-order valence-corrected chi connectivity index (χ2v) is 6.08. The number of hydrogen-bond donors (Lipinski definition) is 2. The topological polar surface area (TPSA) is 106 Å². The number of thiazole rings is 1. The van der Waals surface area contributed by atoms with E-state index in [0.717, 1.165) is 0 Å². The molecule has 0 aromatic carbocycles. The SMILES string of the molecule is CC(C)(C)OC(=O)CC[C@@H](NC(=O)c1cscn1)C(=O)O. The third-order valence-electron chi connectivity index (χ3n) is 2.33. The first-order chi connectivity index (χ1) is 9.69. The summed E-state index contributed by atoms with van der Waals surface area (Å²) in [4.78, 5) is 38.2. The number of rotatable bonds is 6. The van der Waals surface area contributed by atoms with Gasteiger partial charge in [-0.25, -0.2) is 9.78 Å². The first kappa shape index (κ1) is 17.1. The average Bonchev–Trinajstić information content (AvgIpc) is 2.85. The van der Waals surface area contributed by atoms with Crippen LogP contribution < -0.4 is 5.32 Å². The fraction of sp³-hybridized carbons (Fsp3) is 0.538. The molecule has 116 valence electrons. The number of carbonyl (C=O) groups excluding carboxylic acids is 2. The molecule has 7 nitrogen and oxygen atoms in total. The summed E-state index contributed by atoms with van der Waals surface area (Å²) in [5.41, 5.74) is 1.01. The highest BCUT2D eigenvalue weighted by atomic mass is 32.1. The predicted molar refractivity (Wildman–Crippen MR) is 76.1 cm³/mol. The quantitative estimate of drug-likeness (QED) is 0.770. The number of aliphatic carboxylic acids is 1. The Balaban J connectivity index is 2.53. The van der Waals surface area contributed by atoms with Gasteiger partial charge in [-0.2, -0.15) is 0 Å². The largest absolute Gasteiger partial charge is 0.480 e. The van der Waals surface area contributed by atoms with E-state index in [9.17, 15) is 14.4 Å². The van der Waals surface area contributed by atoms with Gasteiger partial charge < -0.3 is 15.2 Å². The number of carbonyl (C=O) groups is 3. The van der Waals surface area contributed by atoms with Gasteiger partial charge in [-0.1, -0.05) is 0 Å². The fourth-order valence-electron chi connectivity index (χ4n) is 1.47. The number of amides is 1. The second-order valence-electron chi connectivity index (χ2n) is 5.36. The summed E-state index contributed by atoms with van der Waals surface area (Å²) < 4.78 is 5.09. The van der Waals surface area contributed by atoms with Crippen molar-refractivity contribution in [3.8, 4) is 0 Å². The summed E-state index contributed by atoms with van der Waals surface area (Å²) in [7, 11) is 0. The summed E-state index contributed by atoms with van der Waals surface area (Å²) in [5.74, 6) is -2.29. The molecular weight excluding hydrogens is 296 g/mol. The van der Waals surface area contributed by atoms with Crippen molar-refractivity contribution in [2.75, 3.05) is 0 Å². The van der Waals surface area contributed by atoms with Gasteiger partial charge >= 0.3 is 11.9 Å². The van der Waals surface area contributed by atoms with Crippen LogP contribution in [0.5, 0.6) is 0 Å². The number of ether oxygens (including phenoxy) is 1. The van der Waals surface area contributed by atoms with E-state index in [4.69, 9.17) is 9.84 Å². The van der Waals surface area contributed by atoms with E-state index in [1.54, 1.807) is 20.8 Å². The van der Waals surface area contributed by atoms with Gasteiger partial charge in [0.1, 0.15) is 17.3 Å². The van der Waals surface area contributed by atoms with Gasteiger partial charge in [0.05, 0.1) is 5.51 Å². The molecule has 1 heterocycles. The Morgan fingerprint density at radius 2 is 2.10 bits per heavy atom. The maximum atomic E-state index is 11.7. The Kier molecular flexibility index (Phi) is 5.83.